The number of aliphatic hydroxyl groups is 1. The zero-order valence-electron chi connectivity index (χ0n) is 15.0. The first-order valence-corrected chi connectivity index (χ1v) is 8.76. The molecule has 136 valence electrons. The molecule has 0 atom stereocenters. The minimum absolute atomic E-state index is 0.0391. The van der Waals surface area contributed by atoms with Gasteiger partial charge in [-0.2, -0.15) is 0 Å². The summed E-state index contributed by atoms with van der Waals surface area (Å²) in [5.74, 6) is -0.0391. The fourth-order valence-electron chi connectivity index (χ4n) is 3.75. The summed E-state index contributed by atoms with van der Waals surface area (Å²) in [4.78, 5) is 27.1. The molecule has 1 aliphatic heterocycles. The minimum Gasteiger partial charge on any atom is -0.394 e. The molecule has 3 aromatic rings. The third-order valence-corrected chi connectivity index (χ3v) is 5.15. The third kappa shape index (κ3) is 2.55. The third-order valence-electron chi connectivity index (χ3n) is 5.15. The Morgan fingerprint density at radius 1 is 1.31 bits per heavy atom. The molecule has 1 aromatic carbocycles. The van der Waals surface area contributed by atoms with Crippen molar-refractivity contribution >= 4 is 16.8 Å². The molecule has 2 N–H and O–H groups in total. The van der Waals surface area contributed by atoms with Crippen LogP contribution in [0, 0.1) is 6.92 Å². The van der Waals surface area contributed by atoms with Gasteiger partial charge in [-0.25, -0.2) is 0 Å². The van der Waals surface area contributed by atoms with Crippen molar-refractivity contribution in [3.63, 3.8) is 0 Å². The minimum atomic E-state index is -0.0999. The van der Waals surface area contributed by atoms with E-state index >= 15 is 0 Å². The quantitative estimate of drug-likeness (QED) is 0.741. The number of nitrogens with one attached hydrogen (secondary N) is 1. The number of fused-ring (bicyclic) bond motifs is 2. The number of H-pyrrole nitrogens is 1. The van der Waals surface area contributed by atoms with E-state index < -0.39 is 0 Å². The lowest BCUT2D eigenvalue weighted by molar-refractivity contribution is 0.0723. The molecular weight excluding hydrogens is 332 g/mol. The molecule has 7 nitrogen and oxygen atoms in total. The van der Waals surface area contributed by atoms with Crippen molar-refractivity contribution in [2.24, 2.45) is 7.05 Å². The van der Waals surface area contributed by atoms with Crippen LogP contribution in [-0.2, 0) is 26.6 Å². The van der Waals surface area contributed by atoms with E-state index in [-0.39, 0.29) is 24.6 Å². The molecule has 1 amide bonds. The van der Waals surface area contributed by atoms with Gasteiger partial charge in [-0.15, -0.1) is 0 Å². The molecule has 0 radical (unpaired) electrons. The van der Waals surface area contributed by atoms with Gasteiger partial charge in [-0.3, -0.25) is 19.4 Å². The average molecular weight is 354 g/mol. The van der Waals surface area contributed by atoms with Crippen molar-refractivity contribution in [1.29, 1.82) is 0 Å². The van der Waals surface area contributed by atoms with Gasteiger partial charge in [-0.05, 0) is 31.5 Å². The second kappa shape index (κ2) is 6.17. The number of carbonyl (C=O) groups is 1. The summed E-state index contributed by atoms with van der Waals surface area (Å²) < 4.78 is 3.34. The number of rotatable bonds is 3. The van der Waals surface area contributed by atoms with Crippen LogP contribution in [0.4, 0.5) is 0 Å². The number of aliphatic hydroxyl groups excluding tert-OH is 1. The number of aromatic amines is 1. The van der Waals surface area contributed by atoms with Crippen LogP contribution in [0.25, 0.3) is 10.9 Å². The normalized spacial score (nSPS) is 14.0. The Labute approximate surface area is 150 Å². The Morgan fingerprint density at radius 2 is 2.12 bits per heavy atom. The molecule has 2 aromatic heterocycles. The van der Waals surface area contributed by atoms with Crippen LogP contribution in [-0.4, -0.2) is 43.4 Å². The second-order valence-electron chi connectivity index (χ2n) is 6.88. The Bertz CT molecular complexity index is 1060. The Kier molecular flexibility index (Phi) is 3.96. The molecule has 0 bridgehead atoms. The number of amides is 1. The summed E-state index contributed by atoms with van der Waals surface area (Å²) in [6, 6.07) is 8.08. The average Bonchev–Trinajstić information content (AvgIpc) is 3.11. The molecule has 7 heteroatoms. The van der Waals surface area contributed by atoms with E-state index in [1.807, 2.05) is 36.7 Å². The standard InChI is InChI=1S/C19H22N4O3/c1-12-3-4-16-13(9-12)10-17(21(16)2)19(26)22-6-5-14-15(11-22)20-23(7-8-24)18(14)25/h3-4,9-10,20,24H,5-8,11H2,1-2H3. The van der Waals surface area contributed by atoms with E-state index in [4.69, 9.17) is 5.11 Å². The van der Waals surface area contributed by atoms with Crippen LogP contribution in [0.5, 0.6) is 0 Å². The van der Waals surface area contributed by atoms with Gasteiger partial charge in [-0.1, -0.05) is 11.6 Å². The number of benzene rings is 1. The summed E-state index contributed by atoms with van der Waals surface area (Å²) in [5.41, 5.74) is 4.21. The summed E-state index contributed by atoms with van der Waals surface area (Å²) >= 11 is 0. The summed E-state index contributed by atoms with van der Waals surface area (Å²) in [7, 11) is 1.90. The van der Waals surface area contributed by atoms with Crippen LogP contribution in [0.2, 0.25) is 0 Å². The van der Waals surface area contributed by atoms with Gasteiger partial charge in [0.05, 0.1) is 25.4 Å². The van der Waals surface area contributed by atoms with Crippen LogP contribution in [0.1, 0.15) is 27.3 Å². The fraction of sp³-hybridized carbons (Fsp3) is 0.368. The van der Waals surface area contributed by atoms with Gasteiger partial charge in [0.15, 0.2) is 0 Å². The van der Waals surface area contributed by atoms with Crippen molar-refractivity contribution < 1.29 is 9.90 Å². The zero-order valence-corrected chi connectivity index (χ0v) is 15.0. The Balaban J connectivity index is 1.65. The molecule has 0 spiro atoms. The number of hydrogen-bond donors (Lipinski definition) is 2. The van der Waals surface area contributed by atoms with E-state index in [2.05, 4.69) is 11.2 Å². The second-order valence-corrected chi connectivity index (χ2v) is 6.88. The zero-order chi connectivity index (χ0) is 18.4. The first-order valence-electron chi connectivity index (χ1n) is 8.76. The highest BCUT2D eigenvalue weighted by Crippen LogP contribution is 2.23. The van der Waals surface area contributed by atoms with Crippen LogP contribution < -0.4 is 5.56 Å². The predicted octanol–water partition coefficient (Wildman–Crippen LogP) is 1.17. The molecule has 0 fully saturated rings. The van der Waals surface area contributed by atoms with Gasteiger partial charge in [0.25, 0.3) is 11.5 Å². The highest BCUT2D eigenvalue weighted by molar-refractivity contribution is 5.99. The van der Waals surface area contributed by atoms with Crippen LogP contribution >= 0.6 is 0 Å². The lowest BCUT2D eigenvalue weighted by atomic mass is 10.1. The lowest BCUT2D eigenvalue weighted by Gasteiger charge is -2.26. The van der Waals surface area contributed by atoms with Crippen molar-refractivity contribution in [2.75, 3.05) is 13.2 Å². The first-order chi connectivity index (χ1) is 12.5. The van der Waals surface area contributed by atoms with Gasteiger partial charge >= 0.3 is 0 Å². The highest BCUT2D eigenvalue weighted by atomic mass is 16.3. The van der Waals surface area contributed by atoms with E-state index in [1.165, 1.54) is 4.68 Å². The summed E-state index contributed by atoms with van der Waals surface area (Å²) in [6.07, 6.45) is 0.526. The molecule has 3 heterocycles. The monoisotopic (exact) mass is 354 g/mol. The van der Waals surface area contributed by atoms with E-state index in [0.717, 1.165) is 27.7 Å². The molecule has 1 aliphatic rings. The van der Waals surface area contributed by atoms with E-state index in [9.17, 15) is 9.59 Å². The number of aryl methyl sites for hydroxylation is 2. The van der Waals surface area contributed by atoms with Gasteiger partial charge in [0, 0.05) is 30.1 Å². The topological polar surface area (TPSA) is 83.3 Å². The van der Waals surface area contributed by atoms with Gasteiger partial charge in [0.1, 0.15) is 5.69 Å². The van der Waals surface area contributed by atoms with Gasteiger partial charge in [0.2, 0.25) is 0 Å². The highest BCUT2D eigenvalue weighted by Gasteiger charge is 2.27. The number of carbonyl (C=O) groups excluding carboxylic acids is 1. The van der Waals surface area contributed by atoms with Crippen LogP contribution in [0.3, 0.4) is 0 Å². The maximum atomic E-state index is 13.1. The van der Waals surface area contributed by atoms with Crippen molar-refractivity contribution in [3.8, 4) is 0 Å². The molecule has 0 saturated heterocycles. The number of hydrogen-bond acceptors (Lipinski definition) is 3. The number of aromatic nitrogens is 3. The molecule has 0 aliphatic carbocycles. The number of nitrogens with zero attached hydrogens (tertiary/aromatic N) is 3. The van der Waals surface area contributed by atoms with Crippen molar-refractivity contribution in [3.05, 3.63) is 57.1 Å². The smallest absolute Gasteiger partial charge is 0.270 e. The predicted molar refractivity (Wildman–Crippen MR) is 98.2 cm³/mol. The maximum Gasteiger partial charge on any atom is 0.270 e. The van der Waals surface area contributed by atoms with E-state index in [0.29, 0.717) is 25.2 Å². The Hall–Kier alpha value is -2.80. The summed E-state index contributed by atoms with van der Waals surface area (Å²) in [6.45, 7) is 3.06. The summed E-state index contributed by atoms with van der Waals surface area (Å²) in [5, 5.41) is 13.1. The van der Waals surface area contributed by atoms with Gasteiger partial charge < -0.3 is 14.6 Å². The molecule has 4 rings (SSSR count). The van der Waals surface area contributed by atoms with Crippen molar-refractivity contribution in [2.45, 2.75) is 26.4 Å². The largest absolute Gasteiger partial charge is 0.394 e. The lowest BCUT2D eigenvalue weighted by Crippen LogP contribution is -2.37. The fourth-order valence-corrected chi connectivity index (χ4v) is 3.75. The molecule has 0 saturated carbocycles. The van der Waals surface area contributed by atoms with Crippen molar-refractivity contribution in [1.82, 2.24) is 19.2 Å². The molecule has 0 unspecified atom stereocenters. The molecular formula is C19H22N4O3. The Morgan fingerprint density at radius 3 is 2.88 bits per heavy atom. The molecule has 26 heavy (non-hydrogen) atoms. The van der Waals surface area contributed by atoms with Crippen LogP contribution in [0.15, 0.2) is 29.1 Å². The first kappa shape index (κ1) is 16.7. The van der Waals surface area contributed by atoms with E-state index in [1.54, 1.807) is 4.90 Å². The maximum absolute atomic E-state index is 13.1. The SMILES string of the molecule is Cc1ccc2c(c1)cc(C(=O)N1CCc3c([nH]n(CCO)c3=O)C1)n2C.